The SMILES string of the molecule is Fc1[c-]ccc(C(F)(F)F)c1F.[Cl][Zn+]. The Bertz CT molecular complexity index is 299. The van der Waals surface area contributed by atoms with E-state index in [0.29, 0.717) is 12.1 Å². The zero-order valence-electron chi connectivity index (χ0n) is 6.63. The Morgan fingerprint density at radius 2 is 1.71 bits per heavy atom. The predicted octanol–water partition coefficient (Wildman–Crippen LogP) is 3.47. The monoisotopic (exact) mass is 280 g/mol. The molecule has 74 valence electrons. The Labute approximate surface area is 90.8 Å². The third-order valence-corrected chi connectivity index (χ3v) is 1.19. The summed E-state index contributed by atoms with van der Waals surface area (Å²) < 4.78 is 60.0. The van der Waals surface area contributed by atoms with Gasteiger partial charge in [-0.25, -0.2) is 4.39 Å². The number of rotatable bonds is 0. The topological polar surface area (TPSA) is 0 Å². The first kappa shape index (κ1) is 13.8. The molecule has 0 fully saturated rings. The van der Waals surface area contributed by atoms with Gasteiger partial charge in [-0.2, -0.15) is 25.3 Å². The van der Waals surface area contributed by atoms with Crippen LogP contribution in [0.2, 0.25) is 0 Å². The molecule has 0 saturated heterocycles. The normalized spacial score (nSPS) is 10.6. The van der Waals surface area contributed by atoms with E-state index in [9.17, 15) is 22.0 Å². The van der Waals surface area contributed by atoms with Gasteiger partial charge in [0.1, 0.15) is 0 Å². The van der Waals surface area contributed by atoms with Crippen molar-refractivity contribution in [2.45, 2.75) is 6.18 Å². The molecule has 0 bridgehead atoms. The molecule has 14 heavy (non-hydrogen) atoms. The molecule has 1 rings (SSSR count). The molecule has 0 unspecified atom stereocenters. The third kappa shape index (κ3) is 3.50. The second-order valence-corrected chi connectivity index (χ2v) is 2.02. The van der Waals surface area contributed by atoms with Crippen molar-refractivity contribution in [2.24, 2.45) is 0 Å². The average molecular weight is 282 g/mol. The van der Waals surface area contributed by atoms with Crippen LogP contribution in [0.1, 0.15) is 5.56 Å². The number of benzene rings is 1. The van der Waals surface area contributed by atoms with Gasteiger partial charge in [-0.3, -0.25) is 4.39 Å². The molecular formula is C7H2ClF5Zn. The summed E-state index contributed by atoms with van der Waals surface area (Å²) in [7, 11) is 4.76. The quantitative estimate of drug-likeness (QED) is 0.388. The fraction of sp³-hybridized carbons (Fsp3) is 0.143. The van der Waals surface area contributed by atoms with Gasteiger partial charge in [-0.05, 0) is 5.56 Å². The van der Waals surface area contributed by atoms with E-state index in [1.54, 1.807) is 6.07 Å². The summed E-state index contributed by atoms with van der Waals surface area (Å²) in [5.74, 6) is -3.53. The Morgan fingerprint density at radius 3 is 2.07 bits per heavy atom. The molecule has 0 aliphatic carbocycles. The Kier molecular flexibility index (Phi) is 5.53. The van der Waals surface area contributed by atoms with Crippen molar-refractivity contribution in [3.63, 3.8) is 0 Å². The predicted molar refractivity (Wildman–Crippen MR) is 36.0 cm³/mol. The van der Waals surface area contributed by atoms with Gasteiger partial charge < -0.3 is 0 Å². The van der Waals surface area contributed by atoms with Crippen LogP contribution >= 0.6 is 9.69 Å². The van der Waals surface area contributed by atoms with Crippen LogP contribution in [-0.2, 0) is 23.5 Å². The molecule has 1 aromatic carbocycles. The van der Waals surface area contributed by atoms with Crippen molar-refractivity contribution in [1.29, 1.82) is 0 Å². The van der Waals surface area contributed by atoms with Gasteiger partial charge in [0.15, 0.2) is 0 Å². The Morgan fingerprint density at radius 1 is 1.21 bits per heavy atom. The van der Waals surface area contributed by atoms with Crippen molar-refractivity contribution in [1.82, 2.24) is 0 Å². The fourth-order valence-corrected chi connectivity index (χ4v) is 0.672. The molecule has 0 amide bonds. The van der Waals surface area contributed by atoms with E-state index < -0.39 is 23.4 Å². The summed E-state index contributed by atoms with van der Waals surface area (Å²) in [4.78, 5) is 0. The molecule has 0 radical (unpaired) electrons. The maximum absolute atomic E-state index is 12.4. The van der Waals surface area contributed by atoms with E-state index in [0.717, 1.165) is 17.3 Å². The molecule has 0 saturated carbocycles. The van der Waals surface area contributed by atoms with E-state index >= 15 is 0 Å². The second kappa shape index (κ2) is 5.61. The first-order valence-corrected chi connectivity index (χ1v) is 7.02. The van der Waals surface area contributed by atoms with Crippen molar-refractivity contribution < 1.29 is 39.3 Å². The molecule has 0 atom stereocenters. The molecule has 0 nitrogen and oxygen atoms in total. The molecule has 0 aliphatic rings. The summed E-state index contributed by atoms with van der Waals surface area (Å²) in [5.41, 5.74) is -1.61. The van der Waals surface area contributed by atoms with Gasteiger partial charge >= 0.3 is 33.2 Å². The van der Waals surface area contributed by atoms with Crippen LogP contribution in [0.25, 0.3) is 0 Å². The standard InChI is InChI=1S/C7H2F5.ClH.Zn/c8-5-3-1-2-4(6(5)9)7(10,11)12;;/h1-2H;1H;/q-1;;+2/p-1. The van der Waals surface area contributed by atoms with E-state index in [2.05, 4.69) is 0 Å². The van der Waals surface area contributed by atoms with Gasteiger partial charge in [-0.15, -0.1) is 6.07 Å². The van der Waals surface area contributed by atoms with Crippen molar-refractivity contribution >= 4 is 9.69 Å². The van der Waals surface area contributed by atoms with Gasteiger partial charge in [-0.1, -0.05) is 0 Å². The van der Waals surface area contributed by atoms with Crippen LogP contribution in [0.4, 0.5) is 22.0 Å². The van der Waals surface area contributed by atoms with Crippen LogP contribution in [0.3, 0.4) is 0 Å². The second-order valence-electron chi connectivity index (χ2n) is 2.02. The van der Waals surface area contributed by atoms with Gasteiger partial charge in [0, 0.05) is 5.82 Å². The van der Waals surface area contributed by atoms with Crippen LogP contribution in [0.15, 0.2) is 12.1 Å². The molecule has 0 heterocycles. The summed E-state index contributed by atoms with van der Waals surface area (Å²) >= 11 is 0.847. The van der Waals surface area contributed by atoms with Crippen molar-refractivity contribution in [3.05, 3.63) is 35.4 Å². The molecule has 0 aliphatic heterocycles. The van der Waals surface area contributed by atoms with Crippen LogP contribution in [-0.4, -0.2) is 0 Å². The maximum atomic E-state index is 12.4. The number of alkyl halides is 3. The number of hydrogen-bond acceptors (Lipinski definition) is 0. The van der Waals surface area contributed by atoms with E-state index in [1.165, 1.54) is 0 Å². The molecular weight excluding hydrogens is 280 g/mol. The molecule has 0 aromatic heterocycles. The molecule has 0 N–H and O–H groups in total. The number of halogens is 6. The summed E-state index contributed by atoms with van der Waals surface area (Å²) in [6, 6.07) is 2.78. The van der Waals surface area contributed by atoms with E-state index in [4.69, 9.17) is 9.69 Å². The summed E-state index contributed by atoms with van der Waals surface area (Å²) in [6.07, 6.45) is -4.86. The molecule has 7 heteroatoms. The van der Waals surface area contributed by atoms with E-state index in [1.807, 2.05) is 0 Å². The van der Waals surface area contributed by atoms with Crippen LogP contribution in [0, 0.1) is 17.7 Å². The Balaban J connectivity index is 0.000000791. The van der Waals surface area contributed by atoms with Crippen LogP contribution < -0.4 is 0 Å². The number of hydrogen-bond donors (Lipinski definition) is 0. The van der Waals surface area contributed by atoms with Gasteiger partial charge in [0.2, 0.25) is 0 Å². The van der Waals surface area contributed by atoms with Crippen LogP contribution in [0.5, 0.6) is 0 Å². The summed E-state index contributed by atoms with van der Waals surface area (Å²) in [5, 5.41) is 0. The minimum atomic E-state index is -4.86. The first-order chi connectivity index (χ1) is 6.43. The molecule has 1 aromatic rings. The van der Waals surface area contributed by atoms with Gasteiger partial charge in [0.25, 0.3) is 0 Å². The van der Waals surface area contributed by atoms with Crippen molar-refractivity contribution in [2.75, 3.05) is 0 Å². The third-order valence-electron chi connectivity index (χ3n) is 1.19. The van der Waals surface area contributed by atoms with Crippen molar-refractivity contribution in [3.8, 4) is 0 Å². The zero-order chi connectivity index (χ0) is 11.4. The first-order valence-electron chi connectivity index (χ1n) is 3.12. The van der Waals surface area contributed by atoms with E-state index in [-0.39, 0.29) is 0 Å². The zero-order valence-corrected chi connectivity index (χ0v) is 10.4. The molecule has 0 spiro atoms. The Hall–Kier alpha value is -0.217. The average Bonchev–Trinajstić information content (AvgIpc) is 2.11. The fourth-order valence-electron chi connectivity index (χ4n) is 0.672. The minimum absolute atomic E-state index is 0.429. The van der Waals surface area contributed by atoms with Gasteiger partial charge in [0.05, 0.1) is 5.82 Å². The summed E-state index contributed by atoms with van der Waals surface area (Å²) in [6.45, 7) is 0.